The molecule has 2 amide bonds. The van der Waals surface area contributed by atoms with E-state index in [0.29, 0.717) is 17.0 Å². The predicted molar refractivity (Wildman–Crippen MR) is 177 cm³/mol. The highest BCUT2D eigenvalue weighted by molar-refractivity contribution is 8.00. The first-order valence-electron chi connectivity index (χ1n) is 14.6. The average Bonchev–Trinajstić information content (AvgIpc) is 3.62. The largest absolute Gasteiger partial charge is 0.484 e. The highest BCUT2D eigenvalue weighted by atomic mass is 32.2. The summed E-state index contributed by atoms with van der Waals surface area (Å²) in [6.45, 7) is 6.37. The van der Waals surface area contributed by atoms with Crippen LogP contribution in [0.4, 0.5) is 10.7 Å². The van der Waals surface area contributed by atoms with Crippen molar-refractivity contribution in [1.29, 1.82) is 0 Å². The molecule has 0 radical (unpaired) electrons. The summed E-state index contributed by atoms with van der Waals surface area (Å²) in [5.74, 6) is -1.47. The smallest absolute Gasteiger partial charge is 0.348 e. The lowest BCUT2D eigenvalue weighted by molar-refractivity contribution is -0.384. The third kappa shape index (κ3) is 8.74. The number of esters is 2. The molecular weight excluding hydrogens is 665 g/mol. The van der Waals surface area contributed by atoms with Crippen LogP contribution >= 0.6 is 23.1 Å². The van der Waals surface area contributed by atoms with Crippen LogP contribution in [-0.4, -0.2) is 68.5 Å². The van der Waals surface area contributed by atoms with Crippen molar-refractivity contribution in [3.63, 3.8) is 0 Å². The molecule has 4 aromatic rings. The van der Waals surface area contributed by atoms with E-state index >= 15 is 0 Å². The van der Waals surface area contributed by atoms with Crippen LogP contribution in [0.25, 0.3) is 5.69 Å². The third-order valence-electron chi connectivity index (χ3n) is 6.55. The lowest BCUT2D eigenvalue weighted by Crippen LogP contribution is -2.29. The van der Waals surface area contributed by atoms with Gasteiger partial charge in [-0.25, -0.2) is 9.59 Å². The van der Waals surface area contributed by atoms with Gasteiger partial charge < -0.3 is 24.8 Å². The number of carbonyl (C=O) groups excluding carboxylic acids is 4. The van der Waals surface area contributed by atoms with Crippen molar-refractivity contribution in [2.45, 2.75) is 44.6 Å². The molecule has 2 heterocycles. The maximum absolute atomic E-state index is 13.4. The number of nitrogens with one attached hydrogen (secondary N) is 2. The van der Waals surface area contributed by atoms with E-state index in [1.54, 1.807) is 56.5 Å². The van der Waals surface area contributed by atoms with E-state index in [9.17, 15) is 29.3 Å². The molecule has 0 bridgehead atoms. The van der Waals surface area contributed by atoms with Crippen LogP contribution in [0.15, 0.2) is 59.8 Å². The van der Waals surface area contributed by atoms with Crippen LogP contribution in [0.2, 0.25) is 0 Å². The van der Waals surface area contributed by atoms with E-state index < -0.39 is 33.9 Å². The summed E-state index contributed by atoms with van der Waals surface area (Å²) in [5, 5.41) is 24.7. The zero-order valence-electron chi connectivity index (χ0n) is 26.4. The lowest BCUT2D eigenvalue weighted by atomic mass is 10.1. The van der Waals surface area contributed by atoms with Crippen molar-refractivity contribution >= 4 is 57.5 Å². The van der Waals surface area contributed by atoms with E-state index in [1.165, 1.54) is 24.3 Å². The maximum Gasteiger partial charge on any atom is 0.348 e. The molecule has 252 valence electrons. The first-order valence-corrected chi connectivity index (χ1v) is 16.3. The van der Waals surface area contributed by atoms with Crippen LogP contribution in [0.1, 0.15) is 52.2 Å². The standard InChI is InChI=1S/C31H32N6O9S2/c1-5-44-29(40)25-18(3)26(30(41)45-6-2)48-28(25)33-27(39)19(4)47-31-35-34-23(36(31)20-12-14-21(15-13-20)37(42)43)16-32-24(38)17-46-22-10-8-7-9-11-22/h7-15,19H,5-6,16-17H2,1-4H3,(H,32,38)(H,33,39). The quantitative estimate of drug-likeness (QED) is 0.0753. The Labute approximate surface area is 283 Å². The first kappa shape index (κ1) is 35.6. The van der Waals surface area contributed by atoms with E-state index in [4.69, 9.17) is 14.2 Å². The van der Waals surface area contributed by atoms with E-state index in [-0.39, 0.29) is 58.5 Å². The Hall–Kier alpha value is -5.29. The van der Waals surface area contributed by atoms with Crippen molar-refractivity contribution in [3.05, 3.63) is 86.5 Å². The molecule has 0 fully saturated rings. The van der Waals surface area contributed by atoms with Gasteiger partial charge in [-0.1, -0.05) is 30.0 Å². The summed E-state index contributed by atoms with van der Waals surface area (Å²) in [6, 6.07) is 14.4. The number of nitro groups is 1. The van der Waals surface area contributed by atoms with Gasteiger partial charge in [-0.2, -0.15) is 0 Å². The first-order chi connectivity index (χ1) is 23.0. The molecule has 15 nitrogen and oxygen atoms in total. The zero-order chi connectivity index (χ0) is 34.8. The number of aromatic nitrogens is 3. The Morgan fingerprint density at radius 3 is 2.31 bits per heavy atom. The van der Waals surface area contributed by atoms with Crippen molar-refractivity contribution in [2.75, 3.05) is 25.1 Å². The van der Waals surface area contributed by atoms with Gasteiger partial charge in [0.2, 0.25) is 5.91 Å². The highest BCUT2D eigenvalue weighted by Gasteiger charge is 2.29. The summed E-state index contributed by atoms with van der Waals surface area (Å²) in [5.41, 5.74) is 0.695. The van der Waals surface area contributed by atoms with Crippen LogP contribution in [0.5, 0.6) is 5.75 Å². The van der Waals surface area contributed by atoms with Gasteiger partial charge in [0.15, 0.2) is 17.6 Å². The van der Waals surface area contributed by atoms with E-state index in [2.05, 4.69) is 20.8 Å². The van der Waals surface area contributed by atoms with Crippen molar-refractivity contribution < 1.29 is 38.3 Å². The number of hydrogen-bond acceptors (Lipinski definition) is 13. The number of non-ortho nitro benzene ring substituents is 1. The van der Waals surface area contributed by atoms with Gasteiger partial charge >= 0.3 is 11.9 Å². The number of hydrogen-bond donors (Lipinski definition) is 2. The summed E-state index contributed by atoms with van der Waals surface area (Å²) in [6.07, 6.45) is 0. The number of nitrogens with zero attached hydrogens (tertiary/aromatic N) is 4. The number of ether oxygens (including phenoxy) is 3. The fourth-order valence-corrected chi connectivity index (χ4v) is 6.21. The molecule has 1 unspecified atom stereocenters. The third-order valence-corrected chi connectivity index (χ3v) is 8.78. The molecule has 0 saturated heterocycles. The molecule has 0 aliphatic carbocycles. The number of nitro benzene ring substituents is 1. The van der Waals surface area contributed by atoms with Crippen LogP contribution in [-0.2, 0) is 25.6 Å². The summed E-state index contributed by atoms with van der Waals surface area (Å²) in [7, 11) is 0. The Morgan fingerprint density at radius 1 is 1.00 bits per heavy atom. The summed E-state index contributed by atoms with van der Waals surface area (Å²) in [4.78, 5) is 62.2. The minimum absolute atomic E-state index is 0.0544. The van der Waals surface area contributed by atoms with E-state index in [0.717, 1.165) is 23.1 Å². The lowest BCUT2D eigenvalue weighted by Gasteiger charge is -2.14. The Balaban J connectivity index is 1.56. The van der Waals surface area contributed by atoms with Crippen LogP contribution in [0.3, 0.4) is 0 Å². The molecule has 0 aliphatic heterocycles. The fraction of sp³-hybridized carbons (Fsp3) is 0.290. The summed E-state index contributed by atoms with van der Waals surface area (Å²) >= 11 is 1.92. The van der Waals surface area contributed by atoms with Gasteiger partial charge in [-0.05, 0) is 57.5 Å². The molecule has 0 spiro atoms. The molecule has 0 aliphatic rings. The maximum atomic E-state index is 13.4. The van der Waals surface area contributed by atoms with Gasteiger partial charge in [0, 0.05) is 17.8 Å². The van der Waals surface area contributed by atoms with Gasteiger partial charge in [0.05, 0.1) is 35.5 Å². The monoisotopic (exact) mass is 696 g/mol. The second-order valence-corrected chi connectivity index (χ2v) is 12.2. The second-order valence-electron chi connectivity index (χ2n) is 9.84. The predicted octanol–water partition coefficient (Wildman–Crippen LogP) is 4.71. The number of benzene rings is 2. The average molecular weight is 697 g/mol. The minimum atomic E-state index is -0.823. The number of para-hydroxylation sites is 1. The number of amides is 2. The van der Waals surface area contributed by atoms with Crippen molar-refractivity contribution in [1.82, 2.24) is 20.1 Å². The number of thioether (sulfide) groups is 1. The van der Waals surface area contributed by atoms with Crippen molar-refractivity contribution in [2.24, 2.45) is 0 Å². The Morgan fingerprint density at radius 2 is 1.67 bits per heavy atom. The fourth-order valence-electron chi connectivity index (χ4n) is 4.24. The number of thiophene rings is 1. The van der Waals surface area contributed by atoms with Gasteiger partial charge in [0.25, 0.3) is 11.6 Å². The summed E-state index contributed by atoms with van der Waals surface area (Å²) < 4.78 is 17.3. The number of anilines is 1. The molecule has 17 heteroatoms. The Kier molecular flexibility index (Phi) is 12.2. The molecule has 4 rings (SSSR count). The normalized spacial score (nSPS) is 11.3. The number of rotatable bonds is 15. The van der Waals surface area contributed by atoms with Gasteiger partial charge in [-0.3, -0.25) is 24.3 Å². The van der Waals surface area contributed by atoms with Gasteiger partial charge in [0.1, 0.15) is 15.6 Å². The van der Waals surface area contributed by atoms with Gasteiger partial charge in [-0.15, -0.1) is 21.5 Å². The molecule has 1 atom stereocenters. The van der Waals surface area contributed by atoms with E-state index in [1.807, 2.05) is 6.07 Å². The zero-order valence-corrected chi connectivity index (χ0v) is 28.0. The minimum Gasteiger partial charge on any atom is -0.484 e. The van der Waals surface area contributed by atoms with Crippen molar-refractivity contribution in [3.8, 4) is 11.4 Å². The Bertz CT molecular complexity index is 1790. The molecule has 0 saturated carbocycles. The molecular formula is C31H32N6O9S2. The molecule has 2 N–H and O–H groups in total. The molecule has 2 aromatic heterocycles. The topological polar surface area (TPSA) is 194 Å². The SMILES string of the molecule is CCOC(=O)c1sc(NC(=O)C(C)Sc2nnc(CNC(=O)COc3ccccc3)n2-c2ccc([N+](=O)[O-])cc2)c(C(=O)OCC)c1C. The van der Waals surface area contributed by atoms with Crippen LogP contribution < -0.4 is 15.4 Å². The highest BCUT2D eigenvalue weighted by Crippen LogP contribution is 2.35. The van der Waals surface area contributed by atoms with Crippen LogP contribution in [0, 0.1) is 17.0 Å². The second kappa shape index (κ2) is 16.5. The molecule has 2 aromatic carbocycles. The number of carbonyl (C=O) groups is 4. The molecule has 48 heavy (non-hydrogen) atoms.